The average molecular weight is 445 g/mol. The van der Waals surface area contributed by atoms with Crippen LogP contribution >= 0.6 is 23.2 Å². The molecule has 8 heteroatoms. The van der Waals surface area contributed by atoms with Crippen molar-refractivity contribution >= 4 is 39.1 Å². The molecule has 2 saturated carbocycles. The minimum atomic E-state index is -3.53. The smallest absolute Gasteiger partial charge is 0.223 e. The van der Waals surface area contributed by atoms with Gasteiger partial charge in [0.25, 0.3) is 0 Å². The fourth-order valence-electron chi connectivity index (χ4n) is 5.06. The molecule has 154 valence electrons. The van der Waals surface area contributed by atoms with E-state index in [1.54, 1.807) is 18.2 Å². The van der Waals surface area contributed by atoms with E-state index in [9.17, 15) is 13.2 Å². The molecule has 3 atom stereocenters. The van der Waals surface area contributed by atoms with Crippen LogP contribution in [0.5, 0.6) is 0 Å². The Bertz CT molecular complexity index is 833. The molecule has 0 unspecified atom stereocenters. The highest BCUT2D eigenvalue weighted by Gasteiger charge is 2.41. The van der Waals surface area contributed by atoms with Crippen molar-refractivity contribution in [3.8, 4) is 0 Å². The first-order valence-electron chi connectivity index (χ1n) is 10.0. The van der Waals surface area contributed by atoms with Crippen LogP contribution in [0.25, 0.3) is 0 Å². The summed E-state index contributed by atoms with van der Waals surface area (Å²) in [5.74, 6) is 1.22. The predicted octanol–water partition coefficient (Wildman–Crippen LogP) is 3.84. The Kier molecular flexibility index (Phi) is 5.94. The second kappa shape index (κ2) is 8.13. The lowest BCUT2D eigenvalue weighted by molar-refractivity contribution is -0.127. The molecule has 28 heavy (non-hydrogen) atoms. The van der Waals surface area contributed by atoms with E-state index >= 15 is 0 Å². The van der Waals surface area contributed by atoms with E-state index in [0.29, 0.717) is 53.5 Å². The number of fused-ring (bicyclic) bond motifs is 2. The van der Waals surface area contributed by atoms with E-state index in [1.165, 1.54) is 23.6 Å². The van der Waals surface area contributed by atoms with Crippen LogP contribution in [0.3, 0.4) is 0 Å². The summed E-state index contributed by atoms with van der Waals surface area (Å²) < 4.78 is 27.1. The Hall–Kier alpha value is -0.820. The lowest BCUT2D eigenvalue weighted by Gasteiger charge is -2.32. The quantitative estimate of drug-likeness (QED) is 0.749. The minimum absolute atomic E-state index is 0.101. The van der Waals surface area contributed by atoms with Crippen molar-refractivity contribution in [2.75, 3.05) is 13.1 Å². The molecule has 2 aliphatic carbocycles. The Morgan fingerprint density at radius 1 is 1.07 bits per heavy atom. The molecule has 0 spiro atoms. The number of nitrogens with one attached hydrogen (secondary N) is 1. The van der Waals surface area contributed by atoms with E-state index in [2.05, 4.69) is 5.32 Å². The highest BCUT2D eigenvalue weighted by molar-refractivity contribution is 7.88. The third-order valence-corrected chi connectivity index (χ3v) is 9.19. The zero-order chi connectivity index (χ0) is 19.9. The maximum Gasteiger partial charge on any atom is 0.223 e. The van der Waals surface area contributed by atoms with Gasteiger partial charge in [0.15, 0.2) is 0 Å². The van der Waals surface area contributed by atoms with Crippen LogP contribution in [0.1, 0.15) is 44.1 Å². The molecule has 1 aliphatic heterocycles. The summed E-state index contributed by atoms with van der Waals surface area (Å²) in [6.45, 7) is 0.721. The Labute approximate surface area is 176 Å². The van der Waals surface area contributed by atoms with Gasteiger partial charge < -0.3 is 5.32 Å². The first-order chi connectivity index (χ1) is 13.3. The van der Waals surface area contributed by atoms with Gasteiger partial charge in [0.1, 0.15) is 0 Å². The summed E-state index contributed by atoms with van der Waals surface area (Å²) >= 11 is 12.3. The molecular formula is C20H26Cl2N2O3S. The number of carbonyl (C=O) groups excluding carboxylic acids is 1. The van der Waals surface area contributed by atoms with E-state index < -0.39 is 10.0 Å². The third-order valence-electron chi connectivity index (χ3n) is 6.67. The van der Waals surface area contributed by atoms with Gasteiger partial charge in [-0.05, 0) is 56.1 Å². The number of carbonyl (C=O) groups is 1. The molecular weight excluding hydrogens is 419 g/mol. The molecule has 1 heterocycles. The van der Waals surface area contributed by atoms with Crippen LogP contribution in [0.2, 0.25) is 10.0 Å². The second-order valence-electron chi connectivity index (χ2n) is 8.42. The molecule has 1 saturated heterocycles. The molecule has 4 rings (SSSR count). The number of benzene rings is 1. The zero-order valence-electron chi connectivity index (χ0n) is 15.7. The highest BCUT2D eigenvalue weighted by atomic mass is 35.5. The van der Waals surface area contributed by atoms with Crippen molar-refractivity contribution in [1.29, 1.82) is 0 Å². The predicted molar refractivity (Wildman–Crippen MR) is 111 cm³/mol. The van der Waals surface area contributed by atoms with Gasteiger partial charge in [-0.1, -0.05) is 35.7 Å². The summed E-state index contributed by atoms with van der Waals surface area (Å²) in [4.78, 5) is 12.7. The normalized spacial score (nSPS) is 28.6. The summed E-state index contributed by atoms with van der Waals surface area (Å²) in [7, 11) is -3.53. The van der Waals surface area contributed by atoms with Crippen molar-refractivity contribution in [3.05, 3.63) is 33.8 Å². The molecule has 1 N–H and O–H groups in total. The monoisotopic (exact) mass is 444 g/mol. The molecule has 3 fully saturated rings. The lowest BCUT2D eigenvalue weighted by atomic mass is 9.93. The Morgan fingerprint density at radius 2 is 1.75 bits per heavy atom. The minimum Gasteiger partial charge on any atom is -0.353 e. The van der Waals surface area contributed by atoms with Gasteiger partial charge in [0.05, 0.1) is 5.75 Å². The number of piperidine rings is 1. The average Bonchev–Trinajstić information content (AvgIpc) is 3.28. The van der Waals surface area contributed by atoms with Gasteiger partial charge in [-0.2, -0.15) is 0 Å². The maximum atomic E-state index is 12.8. The maximum absolute atomic E-state index is 12.8. The van der Waals surface area contributed by atoms with Gasteiger partial charge in [-0.3, -0.25) is 4.79 Å². The second-order valence-corrected chi connectivity index (χ2v) is 11.2. The number of amides is 1. The van der Waals surface area contributed by atoms with Gasteiger partial charge in [-0.15, -0.1) is 0 Å². The van der Waals surface area contributed by atoms with Gasteiger partial charge >= 0.3 is 0 Å². The van der Waals surface area contributed by atoms with Crippen molar-refractivity contribution in [2.24, 2.45) is 17.8 Å². The Morgan fingerprint density at radius 3 is 2.32 bits per heavy atom. The molecule has 3 aliphatic rings. The number of halogens is 2. The lowest BCUT2D eigenvalue weighted by Crippen LogP contribution is -2.46. The summed E-state index contributed by atoms with van der Waals surface area (Å²) in [6, 6.07) is 5.31. The van der Waals surface area contributed by atoms with Crippen LogP contribution in [0.15, 0.2) is 18.2 Å². The number of sulfonamides is 1. The number of hydrogen-bond acceptors (Lipinski definition) is 3. The van der Waals surface area contributed by atoms with Gasteiger partial charge in [-0.25, -0.2) is 12.7 Å². The fraction of sp³-hybridized carbons (Fsp3) is 0.650. The zero-order valence-corrected chi connectivity index (χ0v) is 18.1. The van der Waals surface area contributed by atoms with Crippen LogP contribution in [0.4, 0.5) is 0 Å². The van der Waals surface area contributed by atoms with Crippen LogP contribution < -0.4 is 5.32 Å². The van der Waals surface area contributed by atoms with Crippen LogP contribution in [-0.2, 0) is 20.6 Å². The number of nitrogens with zero attached hydrogens (tertiary/aromatic N) is 1. The first kappa shape index (κ1) is 20.5. The molecule has 1 amide bonds. The van der Waals surface area contributed by atoms with E-state index in [4.69, 9.17) is 23.2 Å². The van der Waals surface area contributed by atoms with E-state index in [-0.39, 0.29) is 17.6 Å². The van der Waals surface area contributed by atoms with E-state index in [0.717, 1.165) is 12.3 Å². The molecule has 0 radical (unpaired) electrons. The third kappa shape index (κ3) is 4.20. The van der Waals surface area contributed by atoms with Crippen molar-refractivity contribution in [3.63, 3.8) is 0 Å². The molecule has 1 aromatic rings. The number of rotatable bonds is 5. The summed E-state index contributed by atoms with van der Waals surface area (Å²) in [6.07, 6.45) is 6.03. The highest BCUT2D eigenvalue weighted by Crippen LogP contribution is 2.44. The van der Waals surface area contributed by atoms with Crippen molar-refractivity contribution in [2.45, 2.75) is 50.3 Å². The topological polar surface area (TPSA) is 66.5 Å². The van der Waals surface area contributed by atoms with Crippen LogP contribution in [-0.4, -0.2) is 37.8 Å². The standard InChI is InChI=1S/C20H26Cl2N2O3S/c21-17-2-1-3-18(22)16(17)12-28(26,27)24-8-6-14(7-9-24)20(25)23-19-11-13-4-5-15(19)10-13/h1-3,13-15,19H,4-12H2,(H,23,25)/t13-,15-,19-/m1/s1. The van der Waals surface area contributed by atoms with Gasteiger partial charge in [0, 0.05) is 40.7 Å². The van der Waals surface area contributed by atoms with Crippen LogP contribution in [0, 0.1) is 17.8 Å². The first-order valence-corrected chi connectivity index (χ1v) is 12.4. The summed E-state index contributed by atoms with van der Waals surface area (Å²) in [5.41, 5.74) is 0.432. The van der Waals surface area contributed by atoms with E-state index in [1.807, 2.05) is 0 Å². The molecule has 1 aromatic carbocycles. The van der Waals surface area contributed by atoms with Crippen molar-refractivity contribution in [1.82, 2.24) is 9.62 Å². The SMILES string of the molecule is O=C(N[C@@H]1C[C@@H]2CC[C@@H]1C2)C1CCN(S(=O)(=O)Cc2c(Cl)cccc2Cl)CC1. The molecule has 5 nitrogen and oxygen atoms in total. The number of hydrogen-bond donors (Lipinski definition) is 1. The van der Waals surface area contributed by atoms with Gasteiger partial charge in [0.2, 0.25) is 15.9 Å². The largest absolute Gasteiger partial charge is 0.353 e. The van der Waals surface area contributed by atoms with Crippen molar-refractivity contribution < 1.29 is 13.2 Å². The fourth-order valence-corrected chi connectivity index (χ4v) is 7.38. The summed E-state index contributed by atoms with van der Waals surface area (Å²) in [5, 5.41) is 3.96. The molecule has 2 bridgehead atoms. The molecule has 0 aromatic heterocycles. The Balaban J connectivity index is 1.32.